The van der Waals surface area contributed by atoms with Crippen LogP contribution in [0.2, 0.25) is 10.0 Å². The topological polar surface area (TPSA) is 141 Å². The molecule has 1 aliphatic carbocycles. The number of hydrogen-bond donors (Lipinski definition) is 5. The van der Waals surface area contributed by atoms with Crippen molar-refractivity contribution in [2.24, 2.45) is 5.92 Å². The number of aromatic nitrogens is 3. The Hall–Kier alpha value is -3.64. The minimum absolute atomic E-state index is 0.00189. The first-order valence-corrected chi connectivity index (χ1v) is 14.5. The minimum atomic E-state index is -5.25. The summed E-state index contributed by atoms with van der Waals surface area (Å²) in [6.07, 6.45) is -12.8. The van der Waals surface area contributed by atoms with Gasteiger partial charge in [-0.1, -0.05) is 29.3 Å². The smallest absolute Gasteiger partial charge is 0.426 e. The molecule has 1 atom stereocenters. The number of carbonyl (C=O) groups excluding carboxylic acids is 2. The Morgan fingerprint density at radius 2 is 1.74 bits per heavy atom. The molecule has 258 valence electrons. The lowest BCUT2D eigenvalue weighted by molar-refractivity contribution is -0.245. The number of aromatic amines is 1. The minimum Gasteiger partial charge on any atom is -0.471 e. The summed E-state index contributed by atoms with van der Waals surface area (Å²) in [5, 5.41) is 16.7. The third-order valence-electron chi connectivity index (χ3n) is 7.40. The van der Waals surface area contributed by atoms with Crippen LogP contribution in [0.3, 0.4) is 0 Å². The standard InChI is InChI=1S/C27H26Cl2F8N6O4/c1-25(46,27(35,36)37)23(45)38-9-11-2-7-15(28)19(18(11)29)41-24-40-16-8-14(22(42-20(16)43-24)47-10-17(30)31)21(44)39-13-5-3-12(4-6-13)26(32,33)34/h2,7-8,12-13,17,46H,3-6,9-10H2,1H3,(H,38,45)(H,39,44)(H2,40,41,42,43)/t12-,13-,25?. The van der Waals surface area contributed by atoms with Crippen LogP contribution in [0.25, 0.3) is 11.2 Å². The summed E-state index contributed by atoms with van der Waals surface area (Å²) in [6, 6.07) is 3.20. The molecule has 5 N–H and O–H groups in total. The Kier molecular flexibility index (Phi) is 10.7. The highest BCUT2D eigenvalue weighted by atomic mass is 35.5. The van der Waals surface area contributed by atoms with Crippen LogP contribution < -0.4 is 20.7 Å². The van der Waals surface area contributed by atoms with E-state index in [4.69, 9.17) is 27.9 Å². The SMILES string of the molecule is CC(O)(C(=O)NCc1ccc(Cl)c(Nc2nc3nc(OCC(F)F)c(C(=O)N[C@H]4CC[C@H](C(F)(F)F)CC4)cc3[nH]2)c1Cl)C(F)(F)F. The van der Waals surface area contributed by atoms with Crippen LogP contribution in [-0.2, 0) is 11.3 Å². The highest BCUT2D eigenvalue weighted by molar-refractivity contribution is 6.39. The maximum atomic E-state index is 13.1. The molecule has 2 amide bonds. The lowest BCUT2D eigenvalue weighted by Crippen LogP contribution is -2.54. The molecule has 1 fully saturated rings. The molecule has 2 aromatic heterocycles. The fourth-order valence-corrected chi connectivity index (χ4v) is 5.20. The number of nitrogens with one attached hydrogen (secondary N) is 4. The summed E-state index contributed by atoms with van der Waals surface area (Å²) >= 11 is 12.6. The molecule has 3 aromatic rings. The normalized spacial score (nSPS) is 18.6. The maximum absolute atomic E-state index is 13.1. The Balaban J connectivity index is 1.55. The predicted molar refractivity (Wildman–Crippen MR) is 153 cm³/mol. The lowest BCUT2D eigenvalue weighted by atomic mass is 9.85. The van der Waals surface area contributed by atoms with E-state index >= 15 is 0 Å². The molecular formula is C27H26Cl2F8N6O4. The fourth-order valence-electron chi connectivity index (χ4n) is 4.67. The van der Waals surface area contributed by atoms with Gasteiger partial charge in [-0.15, -0.1) is 0 Å². The van der Waals surface area contributed by atoms with Gasteiger partial charge >= 0.3 is 12.4 Å². The number of alkyl halides is 8. The van der Waals surface area contributed by atoms with Crippen molar-refractivity contribution in [3.63, 3.8) is 0 Å². The van der Waals surface area contributed by atoms with E-state index in [1.165, 1.54) is 18.2 Å². The maximum Gasteiger partial charge on any atom is 0.426 e. The number of nitrogens with zero attached hydrogens (tertiary/aromatic N) is 2. The van der Waals surface area contributed by atoms with Gasteiger partial charge in [0, 0.05) is 12.6 Å². The molecule has 4 rings (SSSR count). The number of imidazole rings is 1. The first-order valence-electron chi connectivity index (χ1n) is 13.8. The molecule has 20 heteroatoms. The van der Waals surface area contributed by atoms with E-state index in [0.717, 1.165) is 0 Å². The molecule has 0 radical (unpaired) electrons. The first kappa shape index (κ1) is 36.2. The van der Waals surface area contributed by atoms with Crippen molar-refractivity contribution in [3.8, 4) is 5.88 Å². The number of carbonyl (C=O) groups is 2. The van der Waals surface area contributed by atoms with Crippen molar-refractivity contribution < 1.29 is 54.6 Å². The van der Waals surface area contributed by atoms with E-state index in [9.17, 15) is 49.8 Å². The zero-order chi connectivity index (χ0) is 34.9. The van der Waals surface area contributed by atoms with E-state index in [2.05, 4.69) is 25.6 Å². The molecule has 0 bridgehead atoms. The monoisotopic (exact) mass is 720 g/mol. The third-order valence-corrected chi connectivity index (χ3v) is 8.15. The zero-order valence-electron chi connectivity index (χ0n) is 24.1. The molecule has 2 heterocycles. The van der Waals surface area contributed by atoms with Crippen molar-refractivity contribution in [1.29, 1.82) is 0 Å². The van der Waals surface area contributed by atoms with E-state index in [0.29, 0.717) is 0 Å². The van der Waals surface area contributed by atoms with Gasteiger partial charge in [0.05, 0.1) is 27.2 Å². The van der Waals surface area contributed by atoms with Gasteiger partial charge in [-0.3, -0.25) is 9.59 Å². The molecule has 47 heavy (non-hydrogen) atoms. The van der Waals surface area contributed by atoms with Crippen LogP contribution in [0.1, 0.15) is 48.5 Å². The zero-order valence-corrected chi connectivity index (χ0v) is 25.6. The Morgan fingerprint density at radius 1 is 1.09 bits per heavy atom. The highest BCUT2D eigenvalue weighted by Crippen LogP contribution is 2.38. The molecule has 1 saturated carbocycles. The number of pyridine rings is 1. The molecule has 0 saturated heterocycles. The molecule has 1 unspecified atom stereocenters. The first-order chi connectivity index (χ1) is 21.8. The highest BCUT2D eigenvalue weighted by Gasteiger charge is 2.55. The quantitative estimate of drug-likeness (QED) is 0.152. The largest absolute Gasteiger partial charge is 0.471 e. The number of aliphatic hydroxyl groups is 1. The van der Waals surface area contributed by atoms with Crippen molar-refractivity contribution in [1.82, 2.24) is 25.6 Å². The number of fused-ring (bicyclic) bond motifs is 1. The molecule has 0 aliphatic heterocycles. The molecular weight excluding hydrogens is 695 g/mol. The number of benzene rings is 1. The number of hydrogen-bond acceptors (Lipinski definition) is 7. The van der Waals surface area contributed by atoms with Crippen molar-refractivity contribution in [2.45, 2.75) is 69.6 Å². The number of rotatable bonds is 10. The van der Waals surface area contributed by atoms with Crippen LogP contribution in [0.5, 0.6) is 5.88 Å². The molecule has 1 aliphatic rings. The van der Waals surface area contributed by atoms with Crippen molar-refractivity contribution in [2.75, 3.05) is 11.9 Å². The summed E-state index contributed by atoms with van der Waals surface area (Å²) in [4.78, 5) is 36.1. The number of amides is 2. The van der Waals surface area contributed by atoms with E-state index < -0.39 is 67.2 Å². The van der Waals surface area contributed by atoms with E-state index in [1.807, 2.05) is 5.32 Å². The van der Waals surface area contributed by atoms with Crippen LogP contribution in [-0.4, -0.2) is 68.9 Å². The van der Waals surface area contributed by atoms with Gasteiger partial charge in [-0.05, 0) is 50.3 Å². The average Bonchev–Trinajstić information content (AvgIpc) is 3.37. The third kappa shape index (κ3) is 8.45. The van der Waals surface area contributed by atoms with Gasteiger partial charge in [0.2, 0.25) is 17.4 Å². The number of ether oxygens (including phenoxy) is 1. The van der Waals surface area contributed by atoms with Gasteiger partial charge < -0.3 is 30.8 Å². The van der Waals surface area contributed by atoms with Crippen LogP contribution >= 0.6 is 23.2 Å². The summed E-state index contributed by atoms with van der Waals surface area (Å²) in [7, 11) is 0. The van der Waals surface area contributed by atoms with Crippen LogP contribution in [0.15, 0.2) is 18.2 Å². The van der Waals surface area contributed by atoms with Crippen LogP contribution in [0.4, 0.5) is 46.8 Å². The van der Waals surface area contributed by atoms with Gasteiger partial charge in [0.25, 0.3) is 18.2 Å². The molecule has 1 aromatic carbocycles. The summed E-state index contributed by atoms with van der Waals surface area (Å²) < 4.78 is 109. The number of anilines is 2. The predicted octanol–water partition coefficient (Wildman–Crippen LogP) is 6.43. The van der Waals surface area contributed by atoms with Crippen molar-refractivity contribution >= 4 is 57.8 Å². The van der Waals surface area contributed by atoms with Crippen molar-refractivity contribution in [3.05, 3.63) is 39.4 Å². The van der Waals surface area contributed by atoms with E-state index in [-0.39, 0.29) is 76.6 Å². The summed E-state index contributed by atoms with van der Waals surface area (Å²) in [5.74, 6) is -4.65. The number of H-pyrrole nitrogens is 1. The second kappa shape index (κ2) is 13.8. The fraction of sp³-hybridized carbons (Fsp3) is 0.481. The number of halogens is 10. The Bertz CT molecular complexity index is 1630. The Labute approximate surface area is 270 Å². The van der Waals surface area contributed by atoms with Gasteiger partial charge in [0.15, 0.2) is 12.3 Å². The van der Waals surface area contributed by atoms with Gasteiger partial charge in [-0.2, -0.15) is 36.3 Å². The Morgan fingerprint density at radius 3 is 2.34 bits per heavy atom. The summed E-state index contributed by atoms with van der Waals surface area (Å²) in [5.41, 5.74) is -3.94. The van der Waals surface area contributed by atoms with Gasteiger partial charge in [-0.25, -0.2) is 8.78 Å². The second-order valence-corrected chi connectivity index (χ2v) is 11.6. The average molecular weight is 721 g/mol. The summed E-state index contributed by atoms with van der Waals surface area (Å²) in [6.45, 7) is -1.38. The van der Waals surface area contributed by atoms with Crippen LogP contribution in [0, 0.1) is 5.92 Å². The van der Waals surface area contributed by atoms with E-state index in [1.54, 1.807) is 0 Å². The van der Waals surface area contributed by atoms with Gasteiger partial charge in [0.1, 0.15) is 5.56 Å². The molecule has 0 spiro atoms. The lowest BCUT2D eigenvalue weighted by Gasteiger charge is -2.30. The second-order valence-electron chi connectivity index (χ2n) is 10.8. The molecule has 10 nitrogen and oxygen atoms in total.